The third kappa shape index (κ3) is 3.07. The molecule has 1 aliphatic heterocycles. The van der Waals surface area contributed by atoms with Crippen molar-refractivity contribution in [2.24, 2.45) is 5.92 Å². The quantitative estimate of drug-likeness (QED) is 0.918. The van der Waals surface area contributed by atoms with Gasteiger partial charge in [0.25, 0.3) is 0 Å². The molecule has 0 aliphatic carbocycles. The zero-order chi connectivity index (χ0) is 13.1. The van der Waals surface area contributed by atoms with Gasteiger partial charge in [0.05, 0.1) is 5.69 Å². The molecule has 2 nitrogen and oxygen atoms in total. The molecule has 1 aromatic carbocycles. The zero-order valence-corrected chi connectivity index (χ0v) is 13.1. The van der Waals surface area contributed by atoms with Crippen molar-refractivity contribution in [2.45, 2.75) is 33.2 Å². The Kier molecular flexibility index (Phi) is 4.68. The van der Waals surface area contributed by atoms with E-state index in [2.05, 4.69) is 65.1 Å². The van der Waals surface area contributed by atoms with Crippen molar-refractivity contribution in [1.29, 1.82) is 0 Å². The lowest BCUT2D eigenvalue weighted by molar-refractivity contribution is 0.326. The maximum absolute atomic E-state index is 3.69. The van der Waals surface area contributed by atoms with Crippen molar-refractivity contribution in [1.82, 2.24) is 5.32 Å². The maximum Gasteiger partial charge on any atom is 0.0510 e. The molecular weight excluding hydrogens is 288 g/mol. The highest BCUT2D eigenvalue weighted by Crippen LogP contribution is 2.30. The summed E-state index contributed by atoms with van der Waals surface area (Å²) < 4.78 is 1.22. The van der Waals surface area contributed by atoms with Gasteiger partial charge in [0.15, 0.2) is 0 Å². The molecule has 1 saturated heterocycles. The Hall–Kier alpha value is -0.540. The first kappa shape index (κ1) is 13.9. The Morgan fingerprint density at radius 3 is 2.83 bits per heavy atom. The Balaban J connectivity index is 2.07. The van der Waals surface area contributed by atoms with Gasteiger partial charge in [-0.05, 0) is 59.4 Å². The molecule has 1 heterocycles. The predicted octanol–water partition coefficient (Wildman–Crippen LogP) is 3.58. The predicted molar refractivity (Wildman–Crippen MR) is 82.3 cm³/mol. The topological polar surface area (TPSA) is 15.3 Å². The van der Waals surface area contributed by atoms with E-state index >= 15 is 0 Å². The van der Waals surface area contributed by atoms with Crippen LogP contribution in [0.5, 0.6) is 0 Å². The summed E-state index contributed by atoms with van der Waals surface area (Å²) in [5.41, 5.74) is 2.64. The molecule has 100 valence electrons. The molecule has 2 rings (SSSR count). The van der Waals surface area contributed by atoms with Crippen molar-refractivity contribution < 1.29 is 0 Å². The van der Waals surface area contributed by atoms with Crippen LogP contribution in [-0.2, 0) is 0 Å². The number of hydrogen-bond acceptors (Lipinski definition) is 2. The fourth-order valence-corrected chi connectivity index (χ4v) is 3.54. The van der Waals surface area contributed by atoms with Crippen LogP contribution in [0.25, 0.3) is 0 Å². The van der Waals surface area contributed by atoms with Crippen molar-refractivity contribution >= 4 is 21.6 Å². The second-order valence-electron chi connectivity index (χ2n) is 5.33. The maximum atomic E-state index is 3.69. The smallest absolute Gasteiger partial charge is 0.0510 e. The van der Waals surface area contributed by atoms with E-state index in [4.69, 9.17) is 0 Å². The highest BCUT2D eigenvalue weighted by atomic mass is 79.9. The molecule has 0 spiro atoms. The van der Waals surface area contributed by atoms with Gasteiger partial charge in [0.2, 0.25) is 0 Å². The molecule has 2 unspecified atom stereocenters. The van der Waals surface area contributed by atoms with Crippen LogP contribution in [0, 0.1) is 12.8 Å². The zero-order valence-electron chi connectivity index (χ0n) is 11.5. The van der Waals surface area contributed by atoms with E-state index in [1.165, 1.54) is 22.1 Å². The summed E-state index contributed by atoms with van der Waals surface area (Å²) in [6.07, 6.45) is 1.23. The van der Waals surface area contributed by atoms with Gasteiger partial charge in [-0.25, -0.2) is 0 Å². The van der Waals surface area contributed by atoms with Crippen LogP contribution in [0.4, 0.5) is 5.69 Å². The molecule has 0 aromatic heterocycles. The Morgan fingerprint density at radius 1 is 1.44 bits per heavy atom. The van der Waals surface area contributed by atoms with E-state index in [1.54, 1.807) is 0 Å². The van der Waals surface area contributed by atoms with Crippen LogP contribution in [0.3, 0.4) is 0 Å². The number of nitrogens with one attached hydrogen (secondary N) is 1. The van der Waals surface area contributed by atoms with Gasteiger partial charge >= 0.3 is 0 Å². The summed E-state index contributed by atoms with van der Waals surface area (Å²) in [6, 6.07) is 7.31. The lowest BCUT2D eigenvalue weighted by Gasteiger charge is -2.39. The van der Waals surface area contributed by atoms with Crippen LogP contribution in [0.15, 0.2) is 22.7 Å². The van der Waals surface area contributed by atoms with Crippen LogP contribution in [0.2, 0.25) is 0 Å². The van der Waals surface area contributed by atoms with Gasteiger partial charge in [-0.2, -0.15) is 0 Å². The molecule has 2 atom stereocenters. The number of anilines is 1. The van der Waals surface area contributed by atoms with Crippen molar-refractivity contribution in [2.75, 3.05) is 24.5 Å². The number of benzene rings is 1. The van der Waals surface area contributed by atoms with E-state index in [-0.39, 0.29) is 0 Å². The second-order valence-corrected chi connectivity index (χ2v) is 6.19. The Labute approximate surface area is 119 Å². The molecule has 1 fully saturated rings. The standard InChI is InChI=1S/C15H23BrN2/c1-4-17-14-7-8-18(10-12(14)3)15-6-5-11(2)9-13(15)16/h5-6,9,12,14,17H,4,7-8,10H2,1-3H3. The molecule has 1 aromatic rings. The number of aryl methyl sites for hydroxylation is 1. The van der Waals surface area contributed by atoms with E-state index < -0.39 is 0 Å². The molecule has 1 N–H and O–H groups in total. The second kappa shape index (κ2) is 6.07. The lowest BCUT2D eigenvalue weighted by atomic mass is 9.93. The summed E-state index contributed by atoms with van der Waals surface area (Å²) in [6.45, 7) is 10.0. The monoisotopic (exact) mass is 310 g/mol. The van der Waals surface area contributed by atoms with E-state index in [9.17, 15) is 0 Å². The summed E-state index contributed by atoms with van der Waals surface area (Å²) in [7, 11) is 0. The van der Waals surface area contributed by atoms with Gasteiger partial charge in [-0.1, -0.05) is 19.9 Å². The molecule has 3 heteroatoms. The average Bonchev–Trinajstić information content (AvgIpc) is 2.32. The summed E-state index contributed by atoms with van der Waals surface area (Å²) >= 11 is 3.69. The van der Waals surface area contributed by atoms with Crippen molar-refractivity contribution in [3.8, 4) is 0 Å². The SMILES string of the molecule is CCNC1CCN(c2ccc(C)cc2Br)CC1C. The molecule has 0 bridgehead atoms. The minimum absolute atomic E-state index is 0.676. The number of hydrogen-bond donors (Lipinski definition) is 1. The molecular formula is C15H23BrN2. The minimum Gasteiger partial charge on any atom is -0.370 e. The van der Waals surface area contributed by atoms with E-state index in [1.807, 2.05) is 0 Å². The van der Waals surface area contributed by atoms with Gasteiger partial charge in [0, 0.05) is 23.6 Å². The van der Waals surface area contributed by atoms with Gasteiger partial charge in [-0.15, -0.1) is 0 Å². The summed E-state index contributed by atoms with van der Waals surface area (Å²) in [5.74, 6) is 0.701. The largest absolute Gasteiger partial charge is 0.370 e. The number of nitrogens with zero attached hydrogens (tertiary/aromatic N) is 1. The third-order valence-electron chi connectivity index (χ3n) is 3.82. The fourth-order valence-electron chi connectivity index (χ4n) is 2.80. The highest BCUT2D eigenvalue weighted by molar-refractivity contribution is 9.10. The molecule has 0 amide bonds. The number of piperidine rings is 1. The van der Waals surface area contributed by atoms with Gasteiger partial charge in [-0.3, -0.25) is 0 Å². The third-order valence-corrected chi connectivity index (χ3v) is 4.45. The van der Waals surface area contributed by atoms with Crippen LogP contribution in [-0.4, -0.2) is 25.7 Å². The van der Waals surface area contributed by atoms with Crippen LogP contribution >= 0.6 is 15.9 Å². The van der Waals surface area contributed by atoms with E-state index in [0.717, 1.165) is 19.6 Å². The molecule has 0 radical (unpaired) electrons. The summed E-state index contributed by atoms with van der Waals surface area (Å²) in [4.78, 5) is 2.50. The number of rotatable bonds is 3. The molecule has 1 aliphatic rings. The first-order valence-electron chi connectivity index (χ1n) is 6.86. The first-order valence-corrected chi connectivity index (χ1v) is 7.65. The van der Waals surface area contributed by atoms with Crippen LogP contribution < -0.4 is 10.2 Å². The Bertz CT molecular complexity index is 405. The van der Waals surface area contributed by atoms with E-state index in [0.29, 0.717) is 12.0 Å². The highest BCUT2D eigenvalue weighted by Gasteiger charge is 2.26. The van der Waals surface area contributed by atoms with Crippen molar-refractivity contribution in [3.05, 3.63) is 28.2 Å². The minimum atomic E-state index is 0.676. The van der Waals surface area contributed by atoms with Gasteiger partial charge in [0.1, 0.15) is 0 Å². The van der Waals surface area contributed by atoms with Gasteiger partial charge < -0.3 is 10.2 Å². The average molecular weight is 311 g/mol. The molecule has 0 saturated carbocycles. The normalized spacial score (nSPS) is 24.3. The lowest BCUT2D eigenvalue weighted by Crippen LogP contribution is -2.48. The van der Waals surface area contributed by atoms with Crippen LogP contribution in [0.1, 0.15) is 25.8 Å². The number of halogens is 1. The first-order chi connectivity index (χ1) is 8.61. The Morgan fingerprint density at radius 2 is 2.22 bits per heavy atom. The summed E-state index contributed by atoms with van der Waals surface area (Å²) in [5, 5.41) is 3.59. The van der Waals surface area contributed by atoms with Crippen molar-refractivity contribution in [3.63, 3.8) is 0 Å². The fraction of sp³-hybridized carbons (Fsp3) is 0.600. The molecule has 18 heavy (non-hydrogen) atoms.